The van der Waals surface area contributed by atoms with E-state index in [-0.39, 0.29) is 23.3 Å². The van der Waals surface area contributed by atoms with Gasteiger partial charge in [-0.2, -0.15) is 0 Å². The van der Waals surface area contributed by atoms with Crippen LogP contribution in [0, 0.1) is 5.41 Å². The molecule has 1 N–H and O–H groups in total. The molecule has 1 aliphatic heterocycles. The van der Waals surface area contributed by atoms with Crippen LogP contribution in [0.15, 0.2) is 24.3 Å². The smallest absolute Gasteiger partial charge is 0.251 e. The fourth-order valence-corrected chi connectivity index (χ4v) is 2.71. The molecule has 0 aromatic heterocycles. The standard InChI is InChI=1S/C18H26N2O3/c1-18(2,3)17(22)20-11-9-14(10-12-20)19-16(21)13-5-7-15(23-4)8-6-13/h5-8,14H,9-12H2,1-4H3,(H,19,21). The maximum Gasteiger partial charge on any atom is 0.251 e. The molecular formula is C18H26N2O3. The van der Waals surface area contributed by atoms with Gasteiger partial charge in [0.15, 0.2) is 0 Å². The molecule has 23 heavy (non-hydrogen) atoms. The Morgan fingerprint density at radius 2 is 1.70 bits per heavy atom. The molecule has 1 aromatic carbocycles. The summed E-state index contributed by atoms with van der Waals surface area (Å²) in [6.07, 6.45) is 1.59. The number of hydrogen-bond donors (Lipinski definition) is 1. The van der Waals surface area contributed by atoms with Crippen LogP contribution in [0.2, 0.25) is 0 Å². The number of hydrogen-bond acceptors (Lipinski definition) is 3. The normalized spacial score (nSPS) is 16.1. The average Bonchev–Trinajstić information content (AvgIpc) is 2.54. The van der Waals surface area contributed by atoms with E-state index < -0.39 is 0 Å². The zero-order chi connectivity index (χ0) is 17.0. The van der Waals surface area contributed by atoms with E-state index in [1.54, 1.807) is 31.4 Å². The summed E-state index contributed by atoms with van der Waals surface area (Å²) in [5, 5.41) is 3.05. The van der Waals surface area contributed by atoms with E-state index in [0.29, 0.717) is 18.7 Å². The Kier molecular flexibility index (Phi) is 5.29. The van der Waals surface area contributed by atoms with Crippen molar-refractivity contribution in [2.45, 2.75) is 39.7 Å². The molecule has 5 nitrogen and oxygen atoms in total. The van der Waals surface area contributed by atoms with Crippen LogP contribution < -0.4 is 10.1 Å². The number of nitrogens with zero attached hydrogens (tertiary/aromatic N) is 1. The van der Waals surface area contributed by atoms with Crippen LogP contribution in [-0.2, 0) is 4.79 Å². The highest BCUT2D eigenvalue weighted by atomic mass is 16.5. The maximum atomic E-state index is 12.3. The van der Waals surface area contributed by atoms with Crippen molar-refractivity contribution in [1.29, 1.82) is 0 Å². The average molecular weight is 318 g/mol. The van der Waals surface area contributed by atoms with Crippen LogP contribution in [-0.4, -0.2) is 43.0 Å². The van der Waals surface area contributed by atoms with Gasteiger partial charge in [0.05, 0.1) is 7.11 Å². The van der Waals surface area contributed by atoms with E-state index in [2.05, 4.69) is 5.32 Å². The van der Waals surface area contributed by atoms with Crippen molar-refractivity contribution in [2.75, 3.05) is 20.2 Å². The molecule has 0 atom stereocenters. The van der Waals surface area contributed by atoms with Crippen LogP contribution in [0.25, 0.3) is 0 Å². The highest BCUT2D eigenvalue weighted by Gasteiger charge is 2.30. The van der Waals surface area contributed by atoms with E-state index in [4.69, 9.17) is 4.74 Å². The van der Waals surface area contributed by atoms with Crippen molar-refractivity contribution in [3.05, 3.63) is 29.8 Å². The number of amides is 2. The number of piperidine rings is 1. The summed E-state index contributed by atoms with van der Waals surface area (Å²) < 4.78 is 5.09. The Morgan fingerprint density at radius 3 is 2.17 bits per heavy atom. The van der Waals surface area contributed by atoms with Crippen molar-refractivity contribution in [3.8, 4) is 5.75 Å². The first-order valence-corrected chi connectivity index (χ1v) is 8.05. The molecule has 1 saturated heterocycles. The summed E-state index contributed by atoms with van der Waals surface area (Å²) in [4.78, 5) is 26.4. The first kappa shape index (κ1) is 17.3. The maximum absolute atomic E-state index is 12.3. The van der Waals surface area contributed by atoms with Gasteiger partial charge in [0.2, 0.25) is 5.91 Å². The van der Waals surface area contributed by atoms with Gasteiger partial charge in [-0.1, -0.05) is 20.8 Å². The highest BCUT2D eigenvalue weighted by molar-refractivity contribution is 5.94. The Balaban J connectivity index is 1.86. The Labute approximate surface area is 138 Å². The molecule has 0 aliphatic carbocycles. The topological polar surface area (TPSA) is 58.6 Å². The summed E-state index contributed by atoms with van der Waals surface area (Å²) >= 11 is 0. The zero-order valence-electron chi connectivity index (χ0n) is 14.4. The van der Waals surface area contributed by atoms with Gasteiger partial charge in [0, 0.05) is 30.1 Å². The number of carbonyl (C=O) groups excluding carboxylic acids is 2. The molecule has 2 amide bonds. The van der Waals surface area contributed by atoms with E-state index in [9.17, 15) is 9.59 Å². The monoisotopic (exact) mass is 318 g/mol. The zero-order valence-corrected chi connectivity index (χ0v) is 14.4. The van der Waals surface area contributed by atoms with Gasteiger partial charge in [-0.25, -0.2) is 0 Å². The minimum Gasteiger partial charge on any atom is -0.497 e. The van der Waals surface area contributed by atoms with E-state index in [1.807, 2.05) is 25.7 Å². The lowest BCUT2D eigenvalue weighted by molar-refractivity contribution is -0.140. The van der Waals surface area contributed by atoms with Gasteiger partial charge in [-0.3, -0.25) is 9.59 Å². The molecule has 1 aliphatic rings. The molecule has 126 valence electrons. The number of rotatable bonds is 3. The lowest BCUT2D eigenvalue weighted by Crippen LogP contribution is -2.49. The van der Waals surface area contributed by atoms with Crippen LogP contribution in [0.4, 0.5) is 0 Å². The van der Waals surface area contributed by atoms with Crippen LogP contribution in [0.5, 0.6) is 5.75 Å². The van der Waals surface area contributed by atoms with Crippen molar-refractivity contribution in [1.82, 2.24) is 10.2 Å². The van der Waals surface area contributed by atoms with E-state index in [0.717, 1.165) is 18.6 Å². The molecule has 1 heterocycles. The number of carbonyl (C=O) groups is 2. The Hall–Kier alpha value is -2.04. The van der Waals surface area contributed by atoms with E-state index >= 15 is 0 Å². The van der Waals surface area contributed by atoms with Gasteiger partial charge in [0.25, 0.3) is 5.91 Å². The SMILES string of the molecule is COc1ccc(C(=O)NC2CCN(C(=O)C(C)(C)C)CC2)cc1. The molecule has 0 bridgehead atoms. The first-order chi connectivity index (χ1) is 10.8. The molecule has 0 unspecified atom stereocenters. The van der Waals surface area contributed by atoms with E-state index in [1.165, 1.54) is 0 Å². The predicted octanol–water partition coefficient (Wildman–Crippen LogP) is 2.46. The largest absolute Gasteiger partial charge is 0.497 e. The third-order valence-corrected chi connectivity index (χ3v) is 4.11. The second kappa shape index (κ2) is 7.02. The summed E-state index contributed by atoms with van der Waals surface area (Å²) in [6, 6.07) is 7.19. The number of ether oxygens (including phenoxy) is 1. The van der Waals surface area contributed by atoms with Gasteiger partial charge in [-0.15, -0.1) is 0 Å². The third kappa shape index (κ3) is 4.47. The number of nitrogens with one attached hydrogen (secondary N) is 1. The summed E-state index contributed by atoms with van der Waals surface area (Å²) in [5.74, 6) is 0.834. The van der Waals surface area contributed by atoms with Crippen LogP contribution in [0.3, 0.4) is 0 Å². The molecular weight excluding hydrogens is 292 g/mol. The van der Waals surface area contributed by atoms with Crippen molar-refractivity contribution >= 4 is 11.8 Å². The Bertz CT molecular complexity index is 553. The van der Waals surface area contributed by atoms with Crippen LogP contribution >= 0.6 is 0 Å². The fourth-order valence-electron chi connectivity index (χ4n) is 2.71. The fraction of sp³-hybridized carbons (Fsp3) is 0.556. The minimum absolute atomic E-state index is 0.0757. The summed E-state index contributed by atoms with van der Waals surface area (Å²) in [7, 11) is 1.60. The molecule has 0 radical (unpaired) electrons. The molecule has 1 fully saturated rings. The predicted molar refractivity (Wildman–Crippen MR) is 89.5 cm³/mol. The van der Waals surface area contributed by atoms with Crippen molar-refractivity contribution in [3.63, 3.8) is 0 Å². The highest BCUT2D eigenvalue weighted by Crippen LogP contribution is 2.21. The molecule has 0 saturated carbocycles. The Morgan fingerprint density at radius 1 is 1.13 bits per heavy atom. The van der Waals surface area contributed by atoms with Gasteiger partial charge in [-0.05, 0) is 37.1 Å². The third-order valence-electron chi connectivity index (χ3n) is 4.11. The summed E-state index contributed by atoms with van der Waals surface area (Å²) in [5.41, 5.74) is 0.276. The quantitative estimate of drug-likeness (QED) is 0.931. The van der Waals surface area contributed by atoms with Crippen molar-refractivity contribution < 1.29 is 14.3 Å². The lowest BCUT2D eigenvalue weighted by atomic mass is 9.93. The minimum atomic E-state index is -0.348. The molecule has 0 spiro atoms. The number of benzene rings is 1. The first-order valence-electron chi connectivity index (χ1n) is 8.05. The van der Waals surface area contributed by atoms with Gasteiger partial charge >= 0.3 is 0 Å². The van der Waals surface area contributed by atoms with Gasteiger partial charge in [0.1, 0.15) is 5.75 Å². The molecule has 5 heteroatoms. The number of likely N-dealkylation sites (tertiary alicyclic amines) is 1. The van der Waals surface area contributed by atoms with Gasteiger partial charge < -0.3 is 15.0 Å². The van der Waals surface area contributed by atoms with Crippen LogP contribution in [0.1, 0.15) is 44.0 Å². The molecule has 2 rings (SSSR count). The second-order valence-corrected chi connectivity index (χ2v) is 7.02. The second-order valence-electron chi connectivity index (χ2n) is 7.02. The van der Waals surface area contributed by atoms with Crippen molar-refractivity contribution in [2.24, 2.45) is 5.41 Å². The lowest BCUT2D eigenvalue weighted by Gasteiger charge is -2.36. The number of methoxy groups -OCH3 is 1. The molecule has 1 aromatic rings. The summed E-state index contributed by atoms with van der Waals surface area (Å²) in [6.45, 7) is 7.21.